The fourth-order valence-corrected chi connectivity index (χ4v) is 9.38. The molecule has 7 heteroatoms. The third kappa shape index (κ3) is 4.64. The molecule has 5 N–H and O–H groups in total. The van der Waals surface area contributed by atoms with Gasteiger partial charge in [0.2, 0.25) is 0 Å². The van der Waals surface area contributed by atoms with Crippen molar-refractivity contribution in [2.75, 3.05) is 13.2 Å². The van der Waals surface area contributed by atoms with E-state index in [2.05, 4.69) is 19.3 Å². The maximum Gasteiger partial charge on any atom is 0.331 e. The van der Waals surface area contributed by atoms with Gasteiger partial charge in [-0.15, -0.1) is 0 Å². The first kappa shape index (κ1) is 26.2. The molecular formula is C29H47N3O4. The van der Waals surface area contributed by atoms with E-state index in [1.807, 2.05) is 0 Å². The van der Waals surface area contributed by atoms with E-state index < -0.39 is 6.04 Å². The second kappa shape index (κ2) is 10.4. The van der Waals surface area contributed by atoms with Crippen LogP contribution in [0.3, 0.4) is 0 Å². The van der Waals surface area contributed by atoms with E-state index >= 15 is 0 Å². The Morgan fingerprint density at radius 2 is 1.89 bits per heavy atom. The van der Waals surface area contributed by atoms with Gasteiger partial charge in [0, 0.05) is 6.08 Å². The zero-order valence-corrected chi connectivity index (χ0v) is 22.3. The summed E-state index contributed by atoms with van der Waals surface area (Å²) in [5.41, 5.74) is 16.2. The number of fused-ring (bicyclic) bond motifs is 5. The number of carbonyl (C=O) groups is 2. The molecule has 1 amide bonds. The molecule has 4 saturated carbocycles. The van der Waals surface area contributed by atoms with Gasteiger partial charge in [-0.2, -0.15) is 0 Å². The number of nitrogens with two attached hydrogens (primary N) is 2. The lowest BCUT2D eigenvalue weighted by atomic mass is 9.44. The Bertz CT molecular complexity index is 877. The SMILES string of the molecule is C[C@]12CC[C@@H](ONC(=O)[C@@H](N)CCCCN)C[C@H]1CC[C@@H]1[C@@H]2CC[C@]2(C)[C@@H](C3=CC(=O)OC3)CC[C@@H]12. The average molecular weight is 502 g/mol. The predicted octanol–water partition coefficient (Wildman–Crippen LogP) is 4.00. The van der Waals surface area contributed by atoms with Crippen molar-refractivity contribution in [2.45, 2.75) is 103 Å². The van der Waals surface area contributed by atoms with Crippen LogP contribution in [0.1, 0.15) is 90.9 Å². The highest BCUT2D eigenvalue weighted by Crippen LogP contribution is 2.68. The normalized spacial score (nSPS) is 42.6. The molecule has 0 aromatic carbocycles. The molecule has 36 heavy (non-hydrogen) atoms. The topological polar surface area (TPSA) is 117 Å². The average Bonchev–Trinajstić information content (AvgIpc) is 3.44. The van der Waals surface area contributed by atoms with Crippen LogP contribution in [0, 0.1) is 40.4 Å². The van der Waals surface area contributed by atoms with E-state index in [1.54, 1.807) is 6.08 Å². The van der Waals surface area contributed by atoms with E-state index in [4.69, 9.17) is 21.0 Å². The summed E-state index contributed by atoms with van der Waals surface area (Å²) in [7, 11) is 0. The van der Waals surface area contributed by atoms with Gasteiger partial charge in [0.05, 0.1) is 12.1 Å². The lowest BCUT2D eigenvalue weighted by molar-refractivity contribution is -0.159. The molecule has 1 aliphatic heterocycles. The minimum Gasteiger partial charge on any atom is -0.458 e. The number of nitrogens with one attached hydrogen (secondary N) is 1. The first-order valence-corrected chi connectivity index (χ1v) is 14.5. The summed E-state index contributed by atoms with van der Waals surface area (Å²) in [5, 5.41) is 0. The zero-order chi connectivity index (χ0) is 25.5. The second-order valence-corrected chi connectivity index (χ2v) is 13.0. The van der Waals surface area contributed by atoms with Gasteiger partial charge in [-0.05, 0) is 123 Å². The van der Waals surface area contributed by atoms with Crippen LogP contribution in [0.2, 0.25) is 0 Å². The van der Waals surface area contributed by atoms with Crippen molar-refractivity contribution in [3.05, 3.63) is 11.6 Å². The van der Waals surface area contributed by atoms with Crippen LogP contribution in [-0.2, 0) is 19.2 Å². The number of hydroxylamine groups is 1. The highest BCUT2D eigenvalue weighted by Gasteiger charge is 2.60. The van der Waals surface area contributed by atoms with Gasteiger partial charge in [-0.1, -0.05) is 20.3 Å². The number of rotatable bonds is 8. The van der Waals surface area contributed by atoms with Crippen LogP contribution in [-0.4, -0.2) is 37.2 Å². The second-order valence-electron chi connectivity index (χ2n) is 13.0. The Morgan fingerprint density at radius 1 is 1.11 bits per heavy atom. The number of hydrogen-bond donors (Lipinski definition) is 3. The van der Waals surface area contributed by atoms with Crippen molar-refractivity contribution in [1.29, 1.82) is 0 Å². The molecule has 0 bridgehead atoms. The zero-order valence-electron chi connectivity index (χ0n) is 22.3. The van der Waals surface area contributed by atoms with Gasteiger partial charge in [0.15, 0.2) is 0 Å². The minimum atomic E-state index is -0.530. The third-order valence-electron chi connectivity index (χ3n) is 11.4. The summed E-state index contributed by atoms with van der Waals surface area (Å²) < 4.78 is 5.29. The minimum absolute atomic E-state index is 0.0800. The summed E-state index contributed by atoms with van der Waals surface area (Å²) in [5.74, 6) is 3.11. The fourth-order valence-electron chi connectivity index (χ4n) is 9.38. The predicted molar refractivity (Wildman–Crippen MR) is 138 cm³/mol. The van der Waals surface area contributed by atoms with Crippen LogP contribution >= 0.6 is 0 Å². The molecule has 0 aromatic rings. The van der Waals surface area contributed by atoms with E-state index in [0.717, 1.165) is 43.4 Å². The van der Waals surface area contributed by atoms with Gasteiger partial charge in [-0.3, -0.25) is 9.63 Å². The van der Waals surface area contributed by atoms with Crippen LogP contribution in [0.4, 0.5) is 0 Å². The first-order valence-electron chi connectivity index (χ1n) is 14.5. The summed E-state index contributed by atoms with van der Waals surface area (Å²) >= 11 is 0. The number of esters is 1. The number of carbonyl (C=O) groups excluding carboxylic acids is 2. The first-order chi connectivity index (χ1) is 17.3. The number of unbranched alkanes of at least 4 members (excludes halogenated alkanes) is 1. The Morgan fingerprint density at radius 3 is 2.64 bits per heavy atom. The van der Waals surface area contributed by atoms with E-state index in [-0.39, 0.29) is 18.0 Å². The van der Waals surface area contributed by atoms with Crippen LogP contribution in [0.25, 0.3) is 0 Å². The highest BCUT2D eigenvalue weighted by atomic mass is 16.7. The standard InChI is InChI=1S/C29H47N3O4/c1-28-12-10-20(36-32-27(34)25(31)5-3-4-14-30)16-19(28)6-7-21-23-9-8-22(18-15-26(33)35-17-18)29(23,2)13-11-24(21)28/h15,19-25H,3-14,16-17,30-31H2,1-2H3,(H,32,34)/t19-,20-,21+,22-,23+,24+,25+,28+,29-/m1/s1. The molecule has 1 heterocycles. The number of ether oxygens (including phenoxy) is 1. The molecule has 7 nitrogen and oxygen atoms in total. The number of cyclic esters (lactones) is 1. The van der Waals surface area contributed by atoms with Crippen molar-refractivity contribution < 1.29 is 19.2 Å². The Hall–Kier alpha value is -1.44. The molecule has 0 unspecified atom stereocenters. The molecule has 9 atom stereocenters. The Balaban J connectivity index is 1.18. The lowest BCUT2D eigenvalue weighted by Crippen LogP contribution is -2.54. The van der Waals surface area contributed by atoms with E-state index in [1.165, 1.54) is 50.5 Å². The van der Waals surface area contributed by atoms with Crippen molar-refractivity contribution in [3.63, 3.8) is 0 Å². The molecule has 0 radical (unpaired) electrons. The molecule has 0 saturated heterocycles. The maximum atomic E-state index is 12.4. The molecule has 202 valence electrons. The van der Waals surface area contributed by atoms with E-state index in [0.29, 0.717) is 42.2 Å². The Labute approximate surface area is 216 Å². The fraction of sp³-hybridized carbons (Fsp3) is 0.862. The lowest BCUT2D eigenvalue weighted by Gasteiger charge is -2.61. The summed E-state index contributed by atoms with van der Waals surface area (Å²) in [6.45, 7) is 6.20. The van der Waals surface area contributed by atoms with Crippen LogP contribution in [0.15, 0.2) is 11.6 Å². The molecule has 4 fully saturated rings. The quantitative estimate of drug-likeness (QED) is 0.263. The van der Waals surface area contributed by atoms with Gasteiger partial charge in [0.25, 0.3) is 5.91 Å². The van der Waals surface area contributed by atoms with Gasteiger partial charge < -0.3 is 16.2 Å². The van der Waals surface area contributed by atoms with Gasteiger partial charge in [0.1, 0.15) is 6.61 Å². The monoisotopic (exact) mass is 501 g/mol. The maximum absolute atomic E-state index is 12.4. The van der Waals surface area contributed by atoms with Crippen LogP contribution < -0.4 is 16.9 Å². The molecule has 4 aliphatic carbocycles. The molecule has 0 spiro atoms. The molecule has 0 aromatic heterocycles. The molecule has 5 aliphatic rings. The van der Waals surface area contributed by atoms with Crippen molar-refractivity contribution in [3.8, 4) is 0 Å². The van der Waals surface area contributed by atoms with Crippen LogP contribution in [0.5, 0.6) is 0 Å². The Kier molecular flexibility index (Phi) is 7.54. The third-order valence-corrected chi connectivity index (χ3v) is 11.4. The van der Waals surface area contributed by atoms with Crippen molar-refractivity contribution >= 4 is 11.9 Å². The number of amides is 1. The van der Waals surface area contributed by atoms with Crippen molar-refractivity contribution in [2.24, 2.45) is 51.9 Å². The summed E-state index contributed by atoms with van der Waals surface area (Å²) in [6, 6.07) is -0.530. The summed E-state index contributed by atoms with van der Waals surface area (Å²) in [4.78, 5) is 30.0. The number of hydrogen-bond acceptors (Lipinski definition) is 6. The molecular weight excluding hydrogens is 454 g/mol. The van der Waals surface area contributed by atoms with E-state index in [9.17, 15) is 9.59 Å². The van der Waals surface area contributed by atoms with Gasteiger partial charge >= 0.3 is 5.97 Å². The smallest absolute Gasteiger partial charge is 0.331 e. The largest absolute Gasteiger partial charge is 0.458 e. The summed E-state index contributed by atoms with van der Waals surface area (Å²) in [6.07, 6.45) is 15.1. The highest BCUT2D eigenvalue weighted by molar-refractivity contribution is 5.85. The molecule has 5 rings (SSSR count). The van der Waals surface area contributed by atoms with Crippen molar-refractivity contribution in [1.82, 2.24) is 5.48 Å². The van der Waals surface area contributed by atoms with Gasteiger partial charge in [-0.25, -0.2) is 10.3 Å².